The zero-order chi connectivity index (χ0) is 17.1. The number of carbonyl (C=O) groups excluding carboxylic acids is 1. The molecule has 0 saturated carbocycles. The number of benzene rings is 1. The van der Waals surface area contributed by atoms with E-state index in [4.69, 9.17) is 5.26 Å². The van der Waals surface area contributed by atoms with Gasteiger partial charge in [0.25, 0.3) is 5.91 Å². The van der Waals surface area contributed by atoms with Crippen LogP contribution in [0.4, 0.5) is 0 Å². The molecule has 2 aromatic rings. The highest BCUT2D eigenvalue weighted by atomic mass is 16.2. The summed E-state index contributed by atoms with van der Waals surface area (Å²) >= 11 is 0. The summed E-state index contributed by atoms with van der Waals surface area (Å²) in [6.07, 6.45) is 2.35. The zero-order valence-corrected chi connectivity index (χ0v) is 14.2. The Morgan fingerprint density at radius 1 is 1.38 bits per heavy atom. The molecule has 0 N–H and O–H groups in total. The van der Waals surface area contributed by atoms with Gasteiger partial charge in [0.15, 0.2) is 0 Å². The monoisotopic (exact) mass is 322 g/mol. The lowest BCUT2D eigenvalue weighted by molar-refractivity contribution is 0.0671. The molecule has 1 amide bonds. The Morgan fingerprint density at radius 2 is 2.21 bits per heavy atom. The number of carbonyl (C=O) groups is 1. The summed E-state index contributed by atoms with van der Waals surface area (Å²) in [5.41, 5.74) is 3.70. The molecule has 0 spiro atoms. The minimum absolute atomic E-state index is 0.0426. The molecule has 5 nitrogen and oxygen atoms in total. The van der Waals surface area contributed by atoms with Crippen molar-refractivity contribution in [3.8, 4) is 6.07 Å². The molecule has 24 heavy (non-hydrogen) atoms. The molecule has 0 radical (unpaired) electrons. The molecule has 1 aliphatic rings. The second-order valence-corrected chi connectivity index (χ2v) is 6.45. The van der Waals surface area contributed by atoms with Crippen LogP contribution in [-0.2, 0) is 6.42 Å². The number of hydrogen-bond acceptors (Lipinski definition) is 3. The van der Waals surface area contributed by atoms with Crippen LogP contribution in [0.25, 0.3) is 0 Å². The fourth-order valence-electron chi connectivity index (χ4n) is 3.44. The molecule has 5 heteroatoms. The summed E-state index contributed by atoms with van der Waals surface area (Å²) in [5.74, 6) is 0.0426. The lowest BCUT2D eigenvalue weighted by Gasteiger charge is -2.33. The average Bonchev–Trinajstić information content (AvgIpc) is 2.93. The maximum atomic E-state index is 12.8. The van der Waals surface area contributed by atoms with Crippen LogP contribution in [0.1, 0.15) is 46.2 Å². The van der Waals surface area contributed by atoms with Crippen LogP contribution in [0.3, 0.4) is 0 Å². The van der Waals surface area contributed by atoms with Crippen molar-refractivity contribution in [3.63, 3.8) is 0 Å². The van der Waals surface area contributed by atoms with Crippen molar-refractivity contribution < 1.29 is 4.79 Å². The van der Waals surface area contributed by atoms with E-state index >= 15 is 0 Å². The fraction of sp³-hybridized carbons (Fsp3) is 0.421. The van der Waals surface area contributed by atoms with Crippen molar-refractivity contribution >= 4 is 5.91 Å². The molecule has 0 bridgehead atoms. The molecule has 0 unspecified atom stereocenters. The molecular formula is C19H22N4O. The van der Waals surface area contributed by atoms with Gasteiger partial charge in [-0.25, -0.2) is 0 Å². The molecule has 3 rings (SSSR count). The van der Waals surface area contributed by atoms with E-state index in [2.05, 4.69) is 28.8 Å². The number of nitriles is 1. The van der Waals surface area contributed by atoms with Gasteiger partial charge in [-0.15, -0.1) is 0 Å². The number of nitrogens with zero attached hydrogens (tertiary/aromatic N) is 4. The van der Waals surface area contributed by atoms with Crippen molar-refractivity contribution in [1.29, 1.82) is 5.26 Å². The van der Waals surface area contributed by atoms with Crippen LogP contribution in [0, 0.1) is 25.2 Å². The zero-order valence-electron chi connectivity index (χ0n) is 14.2. The van der Waals surface area contributed by atoms with Crippen LogP contribution >= 0.6 is 0 Å². The van der Waals surface area contributed by atoms with Gasteiger partial charge < -0.3 is 4.90 Å². The fourth-order valence-corrected chi connectivity index (χ4v) is 3.44. The first kappa shape index (κ1) is 16.3. The lowest BCUT2D eigenvalue weighted by atomic mass is 10.0. The van der Waals surface area contributed by atoms with Crippen LogP contribution in [0.15, 0.2) is 30.3 Å². The van der Waals surface area contributed by atoms with Gasteiger partial charge >= 0.3 is 0 Å². The number of rotatable bonds is 3. The first-order valence-corrected chi connectivity index (χ1v) is 8.36. The SMILES string of the molecule is Cc1cc(C)n([C@@H]2CCCN(C(=O)c3cccc(CC#N)c3)C2)n1. The van der Waals surface area contributed by atoms with Crippen LogP contribution in [0.5, 0.6) is 0 Å². The molecule has 2 heterocycles. The molecular weight excluding hydrogens is 300 g/mol. The van der Waals surface area contributed by atoms with E-state index in [1.807, 2.05) is 36.1 Å². The first-order valence-electron chi connectivity index (χ1n) is 8.36. The van der Waals surface area contributed by atoms with Crippen molar-refractivity contribution in [1.82, 2.24) is 14.7 Å². The van der Waals surface area contributed by atoms with E-state index in [1.54, 1.807) is 0 Å². The van der Waals surface area contributed by atoms with Crippen molar-refractivity contribution in [2.75, 3.05) is 13.1 Å². The van der Waals surface area contributed by atoms with Crippen LogP contribution in [-0.4, -0.2) is 33.7 Å². The topological polar surface area (TPSA) is 61.9 Å². The number of likely N-dealkylation sites (tertiary alicyclic amines) is 1. The normalized spacial score (nSPS) is 17.5. The molecule has 1 atom stereocenters. The number of amides is 1. The molecule has 1 aromatic heterocycles. The average molecular weight is 322 g/mol. The third-order valence-corrected chi connectivity index (χ3v) is 4.53. The Bertz CT molecular complexity index is 787. The van der Waals surface area contributed by atoms with Gasteiger partial charge in [0.05, 0.1) is 24.2 Å². The van der Waals surface area contributed by atoms with Gasteiger partial charge in [0, 0.05) is 24.3 Å². The highest BCUT2D eigenvalue weighted by molar-refractivity contribution is 5.94. The van der Waals surface area contributed by atoms with E-state index in [-0.39, 0.29) is 11.9 Å². The highest BCUT2D eigenvalue weighted by Gasteiger charge is 2.26. The van der Waals surface area contributed by atoms with Gasteiger partial charge in [-0.2, -0.15) is 10.4 Å². The molecule has 124 valence electrons. The Morgan fingerprint density at radius 3 is 2.92 bits per heavy atom. The van der Waals surface area contributed by atoms with Gasteiger partial charge in [0.2, 0.25) is 0 Å². The quantitative estimate of drug-likeness (QED) is 0.872. The standard InChI is InChI=1S/C19H22N4O/c1-14-11-15(2)23(21-14)18-7-4-10-22(13-18)19(24)17-6-3-5-16(12-17)8-9-20/h3,5-6,11-12,18H,4,7-8,10,13H2,1-2H3/t18-/m1/s1. The Hall–Kier alpha value is -2.61. The third-order valence-electron chi connectivity index (χ3n) is 4.53. The predicted molar refractivity (Wildman–Crippen MR) is 91.6 cm³/mol. The molecule has 1 fully saturated rings. The van der Waals surface area contributed by atoms with Crippen molar-refractivity contribution in [3.05, 3.63) is 52.8 Å². The van der Waals surface area contributed by atoms with Crippen molar-refractivity contribution in [2.45, 2.75) is 39.2 Å². The summed E-state index contributed by atoms with van der Waals surface area (Å²) in [4.78, 5) is 14.7. The first-order chi connectivity index (χ1) is 11.6. The van der Waals surface area contributed by atoms with Crippen LogP contribution < -0.4 is 0 Å². The maximum Gasteiger partial charge on any atom is 0.253 e. The van der Waals surface area contributed by atoms with Crippen LogP contribution in [0.2, 0.25) is 0 Å². The molecule has 1 saturated heterocycles. The van der Waals surface area contributed by atoms with E-state index in [0.29, 0.717) is 18.5 Å². The number of hydrogen-bond donors (Lipinski definition) is 0. The Labute approximate surface area is 142 Å². The molecule has 1 aromatic carbocycles. The second kappa shape index (κ2) is 6.88. The summed E-state index contributed by atoms with van der Waals surface area (Å²) in [7, 11) is 0. The van der Waals surface area contributed by atoms with Gasteiger partial charge in [0.1, 0.15) is 0 Å². The summed E-state index contributed by atoms with van der Waals surface area (Å²) in [6, 6.07) is 11.8. The summed E-state index contributed by atoms with van der Waals surface area (Å²) in [6.45, 7) is 5.52. The largest absolute Gasteiger partial charge is 0.337 e. The summed E-state index contributed by atoms with van der Waals surface area (Å²) < 4.78 is 2.06. The number of aromatic nitrogens is 2. The van der Waals surface area contributed by atoms with E-state index < -0.39 is 0 Å². The van der Waals surface area contributed by atoms with Gasteiger partial charge in [-0.3, -0.25) is 9.48 Å². The Kier molecular flexibility index (Phi) is 4.66. The molecule has 0 aliphatic carbocycles. The summed E-state index contributed by atoms with van der Waals surface area (Å²) in [5, 5.41) is 13.4. The number of aryl methyl sites for hydroxylation is 2. The van der Waals surface area contributed by atoms with Crippen molar-refractivity contribution in [2.24, 2.45) is 0 Å². The highest BCUT2D eigenvalue weighted by Crippen LogP contribution is 2.24. The number of piperidine rings is 1. The lowest BCUT2D eigenvalue weighted by Crippen LogP contribution is -2.41. The smallest absolute Gasteiger partial charge is 0.253 e. The second-order valence-electron chi connectivity index (χ2n) is 6.45. The minimum Gasteiger partial charge on any atom is -0.337 e. The van der Waals surface area contributed by atoms with Gasteiger partial charge in [-0.05, 0) is 50.5 Å². The van der Waals surface area contributed by atoms with E-state index in [1.165, 1.54) is 0 Å². The predicted octanol–water partition coefficient (Wildman–Crippen LogP) is 3.04. The third kappa shape index (κ3) is 3.33. The van der Waals surface area contributed by atoms with Gasteiger partial charge in [-0.1, -0.05) is 12.1 Å². The maximum absolute atomic E-state index is 12.8. The molecule has 1 aliphatic heterocycles. The Balaban J connectivity index is 1.77. The van der Waals surface area contributed by atoms with E-state index in [9.17, 15) is 4.79 Å². The van der Waals surface area contributed by atoms with E-state index in [0.717, 1.165) is 36.3 Å². The minimum atomic E-state index is 0.0426.